The van der Waals surface area contributed by atoms with Gasteiger partial charge in [-0.05, 0) is 113 Å². The lowest BCUT2D eigenvalue weighted by Gasteiger charge is -2.40. The van der Waals surface area contributed by atoms with E-state index in [4.69, 9.17) is 25.7 Å². The molecule has 2 fully saturated rings. The van der Waals surface area contributed by atoms with E-state index in [1.54, 1.807) is 6.07 Å². The van der Waals surface area contributed by atoms with Crippen LogP contribution in [0.25, 0.3) is 33.7 Å². The number of aromatic nitrogens is 6. The zero-order valence-electron chi connectivity index (χ0n) is 39.5. The molecule has 8 heterocycles. The van der Waals surface area contributed by atoms with E-state index in [0.29, 0.717) is 41.7 Å². The van der Waals surface area contributed by atoms with E-state index in [1.165, 1.54) is 53.6 Å². The number of hydrogen-bond acceptors (Lipinski definition) is 10. The molecule has 4 aromatic carbocycles. The Morgan fingerprint density at radius 3 is 1.62 bits per heavy atom. The minimum absolute atomic E-state index is 0.329. The van der Waals surface area contributed by atoms with Crippen molar-refractivity contribution in [2.45, 2.75) is 90.4 Å². The van der Waals surface area contributed by atoms with E-state index >= 15 is 0 Å². The Morgan fingerprint density at radius 2 is 1.12 bits per heavy atom. The van der Waals surface area contributed by atoms with Crippen LogP contribution in [0.2, 0.25) is 0 Å². The number of piperidine rings is 2. The van der Waals surface area contributed by atoms with E-state index in [1.807, 2.05) is 49.4 Å². The Morgan fingerprint density at radius 1 is 0.623 bits per heavy atom. The molecule has 0 spiro atoms. The molecule has 348 valence electrons. The summed E-state index contributed by atoms with van der Waals surface area (Å²) in [6.45, 7) is 9.91. The number of rotatable bonds is 9. The summed E-state index contributed by atoms with van der Waals surface area (Å²) in [6, 6.07) is 39.4. The minimum Gasteiger partial charge on any atom is -0.366 e. The highest BCUT2D eigenvalue weighted by molar-refractivity contribution is 6.06. The Balaban J connectivity index is 0.000000151. The maximum atomic E-state index is 12.1. The molecule has 0 saturated carbocycles. The van der Waals surface area contributed by atoms with Crippen LogP contribution in [0.1, 0.15) is 112 Å². The van der Waals surface area contributed by atoms with Crippen molar-refractivity contribution in [2.75, 3.05) is 36.8 Å². The molecule has 4 aromatic heterocycles. The highest BCUT2D eigenvalue weighted by Crippen LogP contribution is 2.41. The molecule has 1 amide bonds. The zero-order chi connectivity index (χ0) is 47.0. The van der Waals surface area contributed by atoms with Crippen molar-refractivity contribution in [3.63, 3.8) is 0 Å². The third-order valence-electron chi connectivity index (χ3n) is 14.7. The molecular formula is C56H58N12O. The molecule has 2 saturated heterocycles. The van der Waals surface area contributed by atoms with Crippen LogP contribution < -0.4 is 16.4 Å². The van der Waals surface area contributed by atoms with Crippen LogP contribution in [0.5, 0.6) is 0 Å². The molecule has 2 atom stereocenters. The average Bonchev–Trinajstić information content (AvgIpc) is 3.92. The first kappa shape index (κ1) is 44.1. The molecule has 4 N–H and O–H groups in total. The summed E-state index contributed by atoms with van der Waals surface area (Å²) in [5.41, 5.74) is 18.0. The number of amides is 1. The highest BCUT2D eigenvalue weighted by atomic mass is 16.1. The van der Waals surface area contributed by atoms with Gasteiger partial charge >= 0.3 is 0 Å². The van der Waals surface area contributed by atoms with Gasteiger partial charge in [0.25, 0.3) is 0 Å². The van der Waals surface area contributed by atoms with Crippen molar-refractivity contribution in [1.29, 1.82) is 5.26 Å². The lowest BCUT2D eigenvalue weighted by atomic mass is 9.91. The summed E-state index contributed by atoms with van der Waals surface area (Å²) in [6.07, 6.45) is 9.16. The highest BCUT2D eigenvalue weighted by Gasteiger charge is 2.35. The van der Waals surface area contributed by atoms with Gasteiger partial charge in [0.15, 0.2) is 0 Å². The van der Waals surface area contributed by atoms with Gasteiger partial charge in [-0.1, -0.05) is 85.6 Å². The third kappa shape index (κ3) is 8.49. The largest absolute Gasteiger partial charge is 0.366 e. The molecule has 69 heavy (non-hydrogen) atoms. The average molecular weight is 915 g/mol. The van der Waals surface area contributed by atoms with Gasteiger partial charge in [0.2, 0.25) is 17.8 Å². The van der Waals surface area contributed by atoms with Crippen molar-refractivity contribution in [3.8, 4) is 18.0 Å². The maximum Gasteiger partial charge on any atom is 0.249 e. The number of carbonyl (C=O) groups is 1. The van der Waals surface area contributed by atoms with E-state index in [9.17, 15) is 10.1 Å². The number of hydrogen-bond donors (Lipinski definition) is 3. The van der Waals surface area contributed by atoms with Gasteiger partial charge in [0.05, 0.1) is 46.1 Å². The summed E-state index contributed by atoms with van der Waals surface area (Å²) in [4.78, 5) is 37.8. The summed E-state index contributed by atoms with van der Waals surface area (Å²) in [7, 11) is 0. The van der Waals surface area contributed by atoms with Gasteiger partial charge in [-0.3, -0.25) is 23.7 Å². The van der Waals surface area contributed by atoms with E-state index < -0.39 is 5.91 Å². The summed E-state index contributed by atoms with van der Waals surface area (Å²) >= 11 is 0. The number of anilines is 2. The van der Waals surface area contributed by atoms with Gasteiger partial charge in [-0.2, -0.15) is 15.2 Å². The van der Waals surface area contributed by atoms with Crippen molar-refractivity contribution in [1.82, 2.24) is 38.9 Å². The van der Waals surface area contributed by atoms with Crippen molar-refractivity contribution in [2.24, 2.45) is 5.73 Å². The quantitative estimate of drug-likeness (QED) is 0.127. The van der Waals surface area contributed by atoms with E-state index in [-0.39, 0.29) is 0 Å². The lowest BCUT2D eigenvalue weighted by Crippen LogP contribution is -2.40. The van der Waals surface area contributed by atoms with Crippen molar-refractivity contribution >= 4 is 39.3 Å². The first-order valence-corrected chi connectivity index (χ1v) is 24.6. The van der Waals surface area contributed by atoms with Gasteiger partial charge in [0.1, 0.15) is 11.6 Å². The topological polar surface area (TPSA) is 159 Å². The Labute approximate surface area is 403 Å². The number of nitrogens with one attached hydrogen (secondary N) is 2. The number of primary amides is 1. The van der Waals surface area contributed by atoms with Gasteiger partial charge < -0.3 is 16.4 Å². The van der Waals surface area contributed by atoms with Crippen LogP contribution in [0.4, 0.5) is 11.6 Å². The number of nitriles is 1. The Hall–Kier alpha value is -7.40. The second-order valence-electron chi connectivity index (χ2n) is 18.9. The smallest absolute Gasteiger partial charge is 0.249 e. The first-order chi connectivity index (χ1) is 33.8. The second-order valence-corrected chi connectivity index (χ2v) is 18.9. The van der Waals surface area contributed by atoms with Gasteiger partial charge in [-0.25, -0.2) is 9.97 Å². The standard InChI is InChI=1S/C28H30N6O.C28H28N6/c1-18-16-22-20(26(29)35)10-7-12-23(22)34(18)28-31-25-21(13-15-33-14-6-5-11-24(25)33)27(32-28)30-17-19-8-3-2-4-9-19;1-19-16-23-21(17-29)10-7-12-24(23)34(19)28-31-26-22(13-15-33-14-6-5-11-25(26)33)27(32-28)30-18-20-8-3-2-4-9-20/h2-4,7-10,12,16,24H,5-6,11,13-15,17H2,1H3,(H2,29,35)(H,30,31,32);2-4,7-10,12,16,25H,5-6,11,13-15,18H2,1H3,(H,30,31,32). The molecule has 12 rings (SSSR count). The predicted octanol–water partition coefficient (Wildman–Crippen LogP) is 9.82. The Bertz CT molecular complexity index is 3240. The third-order valence-corrected chi connectivity index (χ3v) is 14.7. The molecule has 8 aromatic rings. The fraction of sp³-hybridized carbons (Fsp3) is 0.321. The predicted molar refractivity (Wildman–Crippen MR) is 272 cm³/mol. The van der Waals surface area contributed by atoms with Crippen LogP contribution in [-0.4, -0.2) is 71.0 Å². The molecular weight excluding hydrogens is 857 g/mol. The number of nitrogens with two attached hydrogens (primary N) is 1. The fourth-order valence-corrected chi connectivity index (χ4v) is 11.3. The SMILES string of the molecule is Cc1cc2c(C#N)cccc2n1-c1nc(NCc2ccccc2)c2c(n1)C1CCCCN1CC2.Cc1cc2c(C(N)=O)cccc2n1-c1nc(NCc2ccccc2)c2c(n1)C1CCCCN1CC2. The summed E-state index contributed by atoms with van der Waals surface area (Å²) < 4.78 is 4.16. The van der Waals surface area contributed by atoms with E-state index in [0.717, 1.165) is 109 Å². The van der Waals surface area contributed by atoms with Crippen molar-refractivity contribution < 1.29 is 4.79 Å². The number of carbonyl (C=O) groups excluding carboxylic acids is 1. The fourth-order valence-electron chi connectivity index (χ4n) is 11.3. The van der Waals surface area contributed by atoms with Gasteiger partial charge in [0, 0.05) is 65.0 Å². The number of aryl methyl sites for hydroxylation is 2. The maximum absolute atomic E-state index is 12.1. The molecule has 0 bridgehead atoms. The second kappa shape index (κ2) is 18.9. The number of fused-ring (bicyclic) bond motifs is 8. The number of nitrogens with zero attached hydrogens (tertiary/aromatic N) is 9. The molecule has 13 nitrogen and oxygen atoms in total. The molecule has 4 aliphatic heterocycles. The molecule has 13 heteroatoms. The van der Waals surface area contributed by atoms with Crippen LogP contribution in [-0.2, 0) is 25.9 Å². The molecule has 4 aliphatic rings. The van der Waals surface area contributed by atoms with Crippen molar-refractivity contribution in [3.05, 3.63) is 165 Å². The van der Waals surface area contributed by atoms with Crippen LogP contribution >= 0.6 is 0 Å². The molecule has 0 radical (unpaired) electrons. The monoisotopic (exact) mass is 914 g/mol. The normalized spacial score (nSPS) is 17.7. The van der Waals surface area contributed by atoms with Crippen LogP contribution in [0.15, 0.2) is 109 Å². The lowest BCUT2D eigenvalue weighted by molar-refractivity contribution is 0.100. The Kier molecular flexibility index (Phi) is 12.1. The minimum atomic E-state index is -0.429. The van der Waals surface area contributed by atoms with Crippen LogP contribution in [0, 0.1) is 25.2 Å². The zero-order valence-corrected chi connectivity index (χ0v) is 39.5. The van der Waals surface area contributed by atoms with Gasteiger partial charge in [-0.15, -0.1) is 0 Å². The summed E-state index contributed by atoms with van der Waals surface area (Å²) in [5.74, 6) is 2.74. The van der Waals surface area contributed by atoms with Crippen LogP contribution in [0.3, 0.4) is 0 Å². The first-order valence-electron chi connectivity index (χ1n) is 24.6. The van der Waals surface area contributed by atoms with E-state index in [2.05, 4.69) is 103 Å². The molecule has 2 unspecified atom stereocenters. The summed E-state index contributed by atoms with van der Waals surface area (Å²) in [5, 5.41) is 18.7. The molecule has 0 aliphatic carbocycles. The number of benzene rings is 4.